The molecule has 0 saturated carbocycles. The first kappa shape index (κ1) is 24.9. The molecule has 200 valence electrons. The highest BCUT2D eigenvalue weighted by Crippen LogP contribution is 2.44. The Morgan fingerprint density at radius 1 is 0.619 bits per heavy atom. The molecule has 0 amide bonds. The summed E-state index contributed by atoms with van der Waals surface area (Å²) in [6.07, 6.45) is 15.4. The van der Waals surface area contributed by atoms with Gasteiger partial charge in [-0.1, -0.05) is 109 Å². The summed E-state index contributed by atoms with van der Waals surface area (Å²) < 4.78 is 0. The van der Waals surface area contributed by atoms with E-state index in [4.69, 9.17) is 0 Å². The van der Waals surface area contributed by atoms with Crippen LogP contribution in [-0.4, -0.2) is 4.98 Å². The topological polar surface area (TPSA) is 16.1 Å². The van der Waals surface area contributed by atoms with Crippen molar-refractivity contribution in [1.29, 1.82) is 0 Å². The smallest absolute Gasteiger partial charge is 0.0545 e. The van der Waals surface area contributed by atoms with Crippen LogP contribution in [0.5, 0.6) is 0 Å². The number of hydrogen-bond donors (Lipinski definition) is 0. The summed E-state index contributed by atoms with van der Waals surface area (Å²) in [6, 6.07) is 39.2. The summed E-state index contributed by atoms with van der Waals surface area (Å²) in [5.74, 6) is 0. The number of para-hydroxylation sites is 2. The molecule has 1 aromatic heterocycles. The van der Waals surface area contributed by atoms with Gasteiger partial charge < -0.3 is 4.90 Å². The van der Waals surface area contributed by atoms with Crippen molar-refractivity contribution in [1.82, 2.24) is 4.98 Å². The number of hydrogen-bond acceptors (Lipinski definition) is 3. The van der Waals surface area contributed by atoms with Crippen molar-refractivity contribution in [3.8, 4) is 11.1 Å². The molecule has 0 fully saturated rings. The van der Waals surface area contributed by atoms with E-state index >= 15 is 0 Å². The van der Waals surface area contributed by atoms with E-state index < -0.39 is 0 Å². The maximum absolute atomic E-state index is 4.58. The fourth-order valence-electron chi connectivity index (χ4n) is 6.27. The average Bonchev–Trinajstić information content (AvgIpc) is 3.22. The minimum absolute atomic E-state index is 1.05. The SMILES string of the molecule is C1=Cc2ccc(Sc3c4c(c(-c5ccccc5)c5cnccc35)=CCCC=4)cc2N(c2ccccc2)c2ccccc21. The van der Waals surface area contributed by atoms with Crippen LogP contribution in [0.4, 0.5) is 17.1 Å². The summed E-state index contributed by atoms with van der Waals surface area (Å²) in [6.45, 7) is 0. The molecule has 1 aliphatic carbocycles. The third kappa shape index (κ3) is 4.25. The first-order chi connectivity index (χ1) is 20.8. The van der Waals surface area contributed by atoms with Crippen molar-refractivity contribution in [2.75, 3.05) is 4.90 Å². The lowest BCUT2D eigenvalue weighted by atomic mass is 9.93. The molecule has 5 aromatic carbocycles. The van der Waals surface area contributed by atoms with Gasteiger partial charge in [0, 0.05) is 33.3 Å². The monoisotopic (exact) mass is 556 g/mol. The molecule has 3 heteroatoms. The molecule has 8 rings (SSSR count). The molecule has 2 aliphatic rings. The van der Waals surface area contributed by atoms with Gasteiger partial charge in [0.1, 0.15) is 0 Å². The van der Waals surface area contributed by atoms with Gasteiger partial charge in [-0.25, -0.2) is 0 Å². The lowest BCUT2D eigenvalue weighted by molar-refractivity contribution is 1.10. The third-order valence-corrected chi connectivity index (χ3v) is 9.30. The molecule has 0 bridgehead atoms. The number of pyridine rings is 1. The summed E-state index contributed by atoms with van der Waals surface area (Å²) in [7, 11) is 0. The van der Waals surface area contributed by atoms with E-state index in [9.17, 15) is 0 Å². The summed E-state index contributed by atoms with van der Waals surface area (Å²) in [5.41, 5.74) is 8.46. The highest BCUT2D eigenvalue weighted by atomic mass is 32.2. The largest absolute Gasteiger partial charge is 0.309 e. The molecule has 0 N–H and O–H groups in total. The van der Waals surface area contributed by atoms with Crippen LogP contribution in [0.25, 0.3) is 46.2 Å². The lowest BCUT2D eigenvalue weighted by Gasteiger charge is -2.27. The van der Waals surface area contributed by atoms with Crippen molar-refractivity contribution >= 4 is 63.9 Å². The Hall–Kier alpha value is -4.86. The molecule has 1 aliphatic heterocycles. The molecule has 0 unspecified atom stereocenters. The van der Waals surface area contributed by atoms with Crippen molar-refractivity contribution in [2.45, 2.75) is 22.6 Å². The van der Waals surface area contributed by atoms with Crippen LogP contribution in [0, 0.1) is 0 Å². The van der Waals surface area contributed by atoms with Gasteiger partial charge in [-0.15, -0.1) is 0 Å². The van der Waals surface area contributed by atoms with Crippen LogP contribution in [0.2, 0.25) is 0 Å². The summed E-state index contributed by atoms with van der Waals surface area (Å²) in [5, 5.41) is 5.12. The van der Waals surface area contributed by atoms with E-state index in [1.807, 2.05) is 24.2 Å². The predicted molar refractivity (Wildman–Crippen MR) is 179 cm³/mol. The minimum atomic E-state index is 1.05. The number of fused-ring (bicyclic) bond motifs is 4. The Balaban J connectivity index is 1.33. The first-order valence-corrected chi connectivity index (χ1v) is 15.3. The Morgan fingerprint density at radius 3 is 2.17 bits per heavy atom. The van der Waals surface area contributed by atoms with Crippen LogP contribution < -0.4 is 15.3 Å². The maximum atomic E-state index is 4.58. The number of rotatable bonds is 4. The van der Waals surface area contributed by atoms with Gasteiger partial charge in [-0.05, 0) is 87.3 Å². The fourth-order valence-corrected chi connectivity index (χ4v) is 7.40. The van der Waals surface area contributed by atoms with Gasteiger partial charge >= 0.3 is 0 Å². The fraction of sp³-hybridized carbons (Fsp3) is 0.0513. The second-order valence-electron chi connectivity index (χ2n) is 10.7. The molecule has 0 radical (unpaired) electrons. The van der Waals surface area contributed by atoms with E-state index in [0.717, 1.165) is 18.5 Å². The van der Waals surface area contributed by atoms with Crippen LogP contribution in [0.1, 0.15) is 24.0 Å². The van der Waals surface area contributed by atoms with Crippen LogP contribution in [0.3, 0.4) is 0 Å². The zero-order chi connectivity index (χ0) is 27.9. The van der Waals surface area contributed by atoms with Gasteiger partial charge in [0.05, 0.1) is 11.4 Å². The second kappa shape index (κ2) is 10.5. The predicted octanol–water partition coefficient (Wildman–Crippen LogP) is 9.36. The number of benzene rings is 5. The zero-order valence-electron chi connectivity index (χ0n) is 23.1. The molecule has 0 spiro atoms. The molecular formula is C39H28N2S. The highest BCUT2D eigenvalue weighted by molar-refractivity contribution is 7.99. The molecular weight excluding hydrogens is 529 g/mol. The van der Waals surface area contributed by atoms with E-state index in [1.165, 1.54) is 64.6 Å². The molecule has 0 saturated heterocycles. The summed E-state index contributed by atoms with van der Waals surface area (Å²) >= 11 is 1.86. The number of nitrogens with zero attached hydrogens (tertiary/aromatic N) is 2. The lowest BCUT2D eigenvalue weighted by Crippen LogP contribution is -2.31. The quantitative estimate of drug-likeness (QED) is 0.215. The zero-order valence-corrected chi connectivity index (χ0v) is 23.9. The van der Waals surface area contributed by atoms with Crippen molar-refractivity contribution in [3.05, 3.63) is 143 Å². The second-order valence-corrected chi connectivity index (χ2v) is 11.8. The van der Waals surface area contributed by atoms with Crippen LogP contribution >= 0.6 is 11.8 Å². The first-order valence-electron chi connectivity index (χ1n) is 14.4. The maximum Gasteiger partial charge on any atom is 0.0545 e. The van der Waals surface area contributed by atoms with Crippen LogP contribution in [0.15, 0.2) is 131 Å². The Kier molecular flexibility index (Phi) is 6.23. The van der Waals surface area contributed by atoms with Crippen LogP contribution in [-0.2, 0) is 0 Å². The number of aromatic nitrogens is 1. The van der Waals surface area contributed by atoms with Crippen molar-refractivity contribution < 1.29 is 0 Å². The van der Waals surface area contributed by atoms with Gasteiger partial charge in [0.15, 0.2) is 0 Å². The Labute approximate surface area is 250 Å². The Bertz CT molecular complexity index is 2110. The van der Waals surface area contributed by atoms with Crippen molar-refractivity contribution in [3.63, 3.8) is 0 Å². The van der Waals surface area contributed by atoms with Gasteiger partial charge in [-0.2, -0.15) is 0 Å². The minimum Gasteiger partial charge on any atom is -0.309 e. The molecule has 42 heavy (non-hydrogen) atoms. The standard InChI is InChI=1S/C39H28N2S/c1-3-12-29(13-4-1)38-32-16-8-9-17-33(32)39(34-23-24-40-26-35(34)38)42-31-22-21-28-20-19-27-11-7-10-18-36(27)41(37(28)25-31)30-14-5-2-6-15-30/h1-7,10-26H,8-9H2. The normalized spacial score (nSPS) is 13.4. The molecule has 0 atom stereocenters. The van der Waals surface area contributed by atoms with Gasteiger partial charge in [0.25, 0.3) is 0 Å². The molecule has 2 heterocycles. The van der Waals surface area contributed by atoms with E-state index in [2.05, 4.69) is 143 Å². The Morgan fingerprint density at radius 2 is 1.33 bits per heavy atom. The summed E-state index contributed by atoms with van der Waals surface area (Å²) in [4.78, 5) is 9.49. The third-order valence-electron chi connectivity index (χ3n) is 8.16. The van der Waals surface area contributed by atoms with Gasteiger partial charge in [-0.3, -0.25) is 4.98 Å². The molecule has 2 nitrogen and oxygen atoms in total. The van der Waals surface area contributed by atoms with E-state index in [-0.39, 0.29) is 0 Å². The highest BCUT2D eigenvalue weighted by Gasteiger charge is 2.21. The van der Waals surface area contributed by atoms with E-state index in [0.29, 0.717) is 0 Å². The number of anilines is 3. The van der Waals surface area contributed by atoms with Gasteiger partial charge in [0.2, 0.25) is 0 Å². The van der Waals surface area contributed by atoms with Crippen molar-refractivity contribution in [2.24, 2.45) is 0 Å². The average molecular weight is 557 g/mol. The molecule has 6 aromatic rings. The van der Waals surface area contributed by atoms with E-state index in [1.54, 1.807) is 0 Å².